The molecule has 0 aliphatic rings. The first-order valence-corrected chi connectivity index (χ1v) is 6.46. The highest BCUT2D eigenvalue weighted by Gasteiger charge is 2.03. The molecule has 0 heterocycles. The van der Waals surface area contributed by atoms with Gasteiger partial charge in [0.2, 0.25) is 0 Å². The highest BCUT2D eigenvalue weighted by molar-refractivity contribution is 9.09. The standard InChI is InChI=1S/C11H23BrO/c1-4-11(8-12)9-13-7-5-6-10(2)3/h10-11H,4-9H2,1-3H3. The summed E-state index contributed by atoms with van der Waals surface area (Å²) in [5.74, 6) is 1.50. The van der Waals surface area contributed by atoms with Gasteiger partial charge < -0.3 is 4.74 Å². The summed E-state index contributed by atoms with van der Waals surface area (Å²) in [4.78, 5) is 0. The summed E-state index contributed by atoms with van der Waals surface area (Å²) in [6, 6.07) is 0. The summed E-state index contributed by atoms with van der Waals surface area (Å²) in [5.41, 5.74) is 0. The molecule has 0 aromatic heterocycles. The van der Waals surface area contributed by atoms with Crippen molar-refractivity contribution in [3.8, 4) is 0 Å². The second kappa shape index (κ2) is 9.01. The molecule has 1 unspecified atom stereocenters. The van der Waals surface area contributed by atoms with Crippen molar-refractivity contribution >= 4 is 15.9 Å². The topological polar surface area (TPSA) is 9.23 Å². The molecule has 2 heteroatoms. The van der Waals surface area contributed by atoms with Crippen LogP contribution in [0.15, 0.2) is 0 Å². The monoisotopic (exact) mass is 250 g/mol. The molecule has 0 rings (SSSR count). The summed E-state index contributed by atoms with van der Waals surface area (Å²) >= 11 is 3.49. The van der Waals surface area contributed by atoms with E-state index >= 15 is 0 Å². The Bertz CT molecular complexity index is 100. The molecule has 0 aliphatic carbocycles. The normalized spacial score (nSPS) is 13.6. The number of halogens is 1. The van der Waals surface area contributed by atoms with Crippen molar-refractivity contribution in [1.29, 1.82) is 0 Å². The number of hydrogen-bond acceptors (Lipinski definition) is 1. The largest absolute Gasteiger partial charge is 0.381 e. The highest BCUT2D eigenvalue weighted by atomic mass is 79.9. The molecule has 0 aromatic rings. The van der Waals surface area contributed by atoms with E-state index in [1.165, 1.54) is 19.3 Å². The molecule has 13 heavy (non-hydrogen) atoms. The Labute approximate surface area is 91.4 Å². The average Bonchev–Trinajstić information content (AvgIpc) is 2.11. The zero-order valence-electron chi connectivity index (χ0n) is 9.18. The third kappa shape index (κ3) is 8.76. The zero-order chi connectivity index (χ0) is 10.1. The minimum Gasteiger partial charge on any atom is -0.381 e. The van der Waals surface area contributed by atoms with Crippen LogP contribution >= 0.6 is 15.9 Å². The van der Waals surface area contributed by atoms with Gasteiger partial charge in [0.1, 0.15) is 0 Å². The Kier molecular flexibility index (Phi) is 9.32. The minimum atomic E-state index is 0.694. The van der Waals surface area contributed by atoms with Crippen LogP contribution in [0.1, 0.15) is 40.0 Å². The smallest absolute Gasteiger partial charge is 0.0502 e. The van der Waals surface area contributed by atoms with Crippen LogP contribution in [0.2, 0.25) is 0 Å². The summed E-state index contributed by atoms with van der Waals surface area (Å²) in [7, 11) is 0. The summed E-state index contributed by atoms with van der Waals surface area (Å²) < 4.78 is 5.60. The van der Waals surface area contributed by atoms with Crippen molar-refractivity contribution < 1.29 is 4.74 Å². The molecule has 0 spiro atoms. The lowest BCUT2D eigenvalue weighted by Gasteiger charge is -2.12. The third-order valence-electron chi connectivity index (χ3n) is 2.22. The van der Waals surface area contributed by atoms with E-state index in [2.05, 4.69) is 36.7 Å². The highest BCUT2D eigenvalue weighted by Crippen LogP contribution is 2.08. The number of rotatable bonds is 8. The SMILES string of the molecule is CCC(CBr)COCCCC(C)C. The van der Waals surface area contributed by atoms with Crippen LogP contribution in [0.25, 0.3) is 0 Å². The molecule has 0 amide bonds. The van der Waals surface area contributed by atoms with E-state index < -0.39 is 0 Å². The number of ether oxygens (including phenoxy) is 1. The molecule has 1 atom stereocenters. The molecule has 0 N–H and O–H groups in total. The van der Waals surface area contributed by atoms with E-state index in [1.807, 2.05) is 0 Å². The Morgan fingerprint density at radius 2 is 2.00 bits per heavy atom. The van der Waals surface area contributed by atoms with Crippen molar-refractivity contribution in [3.05, 3.63) is 0 Å². The van der Waals surface area contributed by atoms with Gasteiger partial charge in [-0.05, 0) is 24.7 Å². The van der Waals surface area contributed by atoms with Crippen LogP contribution in [-0.4, -0.2) is 18.5 Å². The van der Waals surface area contributed by atoms with Crippen LogP contribution in [0.4, 0.5) is 0 Å². The van der Waals surface area contributed by atoms with Gasteiger partial charge in [0.05, 0.1) is 6.61 Å². The summed E-state index contributed by atoms with van der Waals surface area (Å²) in [5, 5.41) is 1.06. The fraction of sp³-hybridized carbons (Fsp3) is 1.00. The molecule has 0 bridgehead atoms. The maximum absolute atomic E-state index is 5.60. The second-order valence-corrected chi connectivity index (χ2v) is 4.69. The molecule has 0 saturated carbocycles. The Hall–Kier alpha value is 0.440. The van der Waals surface area contributed by atoms with Crippen molar-refractivity contribution in [2.75, 3.05) is 18.5 Å². The van der Waals surface area contributed by atoms with Gasteiger partial charge in [-0.1, -0.05) is 43.1 Å². The number of alkyl halides is 1. The van der Waals surface area contributed by atoms with E-state index in [-0.39, 0.29) is 0 Å². The fourth-order valence-corrected chi connectivity index (χ4v) is 1.76. The molecule has 0 saturated heterocycles. The first-order chi connectivity index (χ1) is 6.20. The molecule has 0 aromatic carbocycles. The van der Waals surface area contributed by atoms with E-state index in [0.717, 1.165) is 24.5 Å². The predicted octanol–water partition coefficient (Wildman–Crippen LogP) is 3.86. The van der Waals surface area contributed by atoms with E-state index in [4.69, 9.17) is 4.74 Å². The lowest BCUT2D eigenvalue weighted by Crippen LogP contribution is -2.10. The van der Waals surface area contributed by atoms with Gasteiger partial charge in [-0.25, -0.2) is 0 Å². The molecule has 80 valence electrons. The van der Waals surface area contributed by atoms with Crippen LogP contribution in [0.3, 0.4) is 0 Å². The van der Waals surface area contributed by atoms with Gasteiger partial charge in [0.25, 0.3) is 0 Å². The molecular weight excluding hydrogens is 228 g/mol. The molecule has 1 nitrogen and oxygen atoms in total. The Balaban J connectivity index is 3.14. The van der Waals surface area contributed by atoms with Gasteiger partial charge in [0.15, 0.2) is 0 Å². The van der Waals surface area contributed by atoms with Crippen molar-refractivity contribution in [3.63, 3.8) is 0 Å². The Morgan fingerprint density at radius 1 is 1.31 bits per heavy atom. The Morgan fingerprint density at radius 3 is 2.46 bits per heavy atom. The van der Waals surface area contributed by atoms with Gasteiger partial charge >= 0.3 is 0 Å². The van der Waals surface area contributed by atoms with Crippen LogP contribution in [-0.2, 0) is 4.74 Å². The van der Waals surface area contributed by atoms with Gasteiger partial charge in [-0.15, -0.1) is 0 Å². The molecule has 0 radical (unpaired) electrons. The van der Waals surface area contributed by atoms with E-state index in [0.29, 0.717) is 5.92 Å². The second-order valence-electron chi connectivity index (χ2n) is 4.04. The van der Waals surface area contributed by atoms with Gasteiger partial charge in [0, 0.05) is 11.9 Å². The quantitative estimate of drug-likeness (QED) is 0.470. The predicted molar refractivity (Wildman–Crippen MR) is 62.5 cm³/mol. The molecular formula is C11H23BrO. The molecule has 0 aliphatic heterocycles. The third-order valence-corrected chi connectivity index (χ3v) is 3.13. The fourth-order valence-electron chi connectivity index (χ4n) is 1.12. The van der Waals surface area contributed by atoms with Gasteiger partial charge in [-0.3, -0.25) is 0 Å². The van der Waals surface area contributed by atoms with Crippen LogP contribution in [0.5, 0.6) is 0 Å². The lowest BCUT2D eigenvalue weighted by molar-refractivity contribution is 0.100. The van der Waals surface area contributed by atoms with Crippen molar-refractivity contribution in [1.82, 2.24) is 0 Å². The average molecular weight is 251 g/mol. The van der Waals surface area contributed by atoms with Crippen LogP contribution < -0.4 is 0 Å². The van der Waals surface area contributed by atoms with E-state index in [9.17, 15) is 0 Å². The summed E-state index contributed by atoms with van der Waals surface area (Å²) in [6.07, 6.45) is 3.69. The first-order valence-electron chi connectivity index (χ1n) is 5.34. The summed E-state index contributed by atoms with van der Waals surface area (Å²) in [6.45, 7) is 8.57. The molecule has 0 fully saturated rings. The maximum Gasteiger partial charge on any atom is 0.0502 e. The number of hydrogen-bond donors (Lipinski definition) is 0. The minimum absolute atomic E-state index is 0.694. The van der Waals surface area contributed by atoms with Crippen molar-refractivity contribution in [2.45, 2.75) is 40.0 Å². The van der Waals surface area contributed by atoms with E-state index in [1.54, 1.807) is 0 Å². The van der Waals surface area contributed by atoms with Crippen LogP contribution in [0, 0.1) is 11.8 Å². The van der Waals surface area contributed by atoms with Crippen molar-refractivity contribution in [2.24, 2.45) is 11.8 Å². The zero-order valence-corrected chi connectivity index (χ0v) is 10.8. The lowest BCUT2D eigenvalue weighted by atomic mass is 10.1. The van der Waals surface area contributed by atoms with Gasteiger partial charge in [-0.2, -0.15) is 0 Å². The maximum atomic E-state index is 5.60. The first kappa shape index (κ1) is 13.4.